The first-order chi connectivity index (χ1) is 14.1. The van der Waals surface area contributed by atoms with Crippen molar-refractivity contribution in [3.63, 3.8) is 0 Å². The number of ether oxygens (including phenoxy) is 2. The fourth-order valence-electron chi connectivity index (χ4n) is 3.96. The van der Waals surface area contributed by atoms with Crippen LogP contribution < -0.4 is 5.32 Å². The summed E-state index contributed by atoms with van der Waals surface area (Å²) < 4.78 is 10.9. The van der Waals surface area contributed by atoms with Crippen LogP contribution in [0.1, 0.15) is 18.1 Å². The van der Waals surface area contributed by atoms with Gasteiger partial charge in [0.15, 0.2) is 0 Å². The van der Waals surface area contributed by atoms with Crippen molar-refractivity contribution in [1.82, 2.24) is 0 Å². The molecule has 2 N–H and O–H groups in total. The number of carbonyl (C=O) groups excluding carboxylic acids is 2. The third-order valence-electron chi connectivity index (χ3n) is 5.13. The summed E-state index contributed by atoms with van der Waals surface area (Å²) in [5.74, 6) is -2.99. The van der Waals surface area contributed by atoms with Gasteiger partial charge in [0.1, 0.15) is 22.7 Å². The predicted molar refractivity (Wildman–Crippen MR) is 105 cm³/mol. The van der Waals surface area contributed by atoms with E-state index in [4.69, 9.17) is 14.9 Å². The number of amides is 1. The molecule has 2 atom stereocenters. The first-order valence-corrected chi connectivity index (χ1v) is 9.09. The van der Waals surface area contributed by atoms with Crippen LogP contribution in [0.25, 0.3) is 5.76 Å². The summed E-state index contributed by atoms with van der Waals surface area (Å²) >= 11 is 0. The van der Waals surface area contributed by atoms with Crippen LogP contribution in [0.2, 0.25) is 0 Å². The number of rotatable bonds is 3. The molecule has 2 aromatic rings. The van der Waals surface area contributed by atoms with Gasteiger partial charge in [-0.15, -0.1) is 0 Å². The lowest BCUT2D eigenvalue weighted by molar-refractivity contribution is -0.141. The maximum absolute atomic E-state index is 13.4. The number of carbonyl (C=O) groups is 2. The summed E-state index contributed by atoms with van der Waals surface area (Å²) in [6, 6.07) is 17.6. The molecule has 0 saturated carbocycles. The Kier molecular flexibility index (Phi) is 4.40. The molecule has 1 spiro atoms. The highest BCUT2D eigenvalue weighted by molar-refractivity contribution is 6.20. The van der Waals surface area contributed by atoms with Crippen LogP contribution in [-0.4, -0.2) is 24.4 Å². The van der Waals surface area contributed by atoms with E-state index in [9.17, 15) is 14.9 Å². The minimum atomic E-state index is -1.74. The van der Waals surface area contributed by atoms with E-state index in [-0.39, 0.29) is 17.9 Å². The van der Waals surface area contributed by atoms with E-state index in [1.165, 1.54) is 0 Å². The Morgan fingerprint density at radius 2 is 1.93 bits per heavy atom. The predicted octanol–water partition coefficient (Wildman–Crippen LogP) is 3.00. The highest BCUT2D eigenvalue weighted by atomic mass is 16.5. The van der Waals surface area contributed by atoms with Crippen LogP contribution in [0.15, 0.2) is 60.2 Å². The number of nitrogens with zero attached hydrogens (tertiary/aromatic N) is 1. The summed E-state index contributed by atoms with van der Waals surface area (Å²) in [6.07, 6.45) is 0. The Morgan fingerprint density at radius 1 is 1.24 bits per heavy atom. The van der Waals surface area contributed by atoms with Crippen LogP contribution >= 0.6 is 0 Å². The molecule has 0 aliphatic carbocycles. The molecule has 2 heterocycles. The standard InChI is InChI=1S/C22H17N3O4/c1-2-28-20(26)17-18(13-8-4-3-5-9-13)29-19(24)15(12-23)22(17)14-10-6-7-11-16(14)25-21(22)27/h3-11,15,24H,2H2,1H3,(H,25,27). The maximum Gasteiger partial charge on any atom is 0.339 e. The zero-order valence-electron chi connectivity index (χ0n) is 15.6. The summed E-state index contributed by atoms with van der Waals surface area (Å²) in [7, 11) is 0. The molecule has 2 aliphatic heterocycles. The first-order valence-electron chi connectivity index (χ1n) is 9.09. The van der Waals surface area contributed by atoms with Gasteiger partial charge < -0.3 is 14.8 Å². The molecule has 0 saturated heterocycles. The number of nitrogens with one attached hydrogen (secondary N) is 2. The second kappa shape index (κ2) is 6.91. The van der Waals surface area contributed by atoms with Crippen molar-refractivity contribution in [1.29, 1.82) is 10.7 Å². The molecule has 0 fully saturated rings. The van der Waals surface area contributed by atoms with Gasteiger partial charge in [0.05, 0.1) is 12.7 Å². The second-order valence-electron chi connectivity index (χ2n) is 6.63. The Bertz CT molecular complexity index is 1100. The minimum Gasteiger partial charge on any atom is -0.462 e. The monoisotopic (exact) mass is 387 g/mol. The molecular formula is C22H17N3O4. The van der Waals surface area contributed by atoms with E-state index in [1.807, 2.05) is 6.07 Å². The van der Waals surface area contributed by atoms with Crippen LogP contribution in [-0.2, 0) is 24.5 Å². The molecule has 1 amide bonds. The third kappa shape index (κ3) is 2.53. The van der Waals surface area contributed by atoms with Crippen molar-refractivity contribution in [2.45, 2.75) is 12.3 Å². The van der Waals surface area contributed by atoms with Gasteiger partial charge in [-0.3, -0.25) is 10.2 Å². The van der Waals surface area contributed by atoms with Crippen molar-refractivity contribution in [2.75, 3.05) is 11.9 Å². The lowest BCUT2D eigenvalue weighted by Crippen LogP contribution is -2.52. The van der Waals surface area contributed by atoms with E-state index >= 15 is 0 Å². The molecule has 0 aromatic heterocycles. The molecule has 2 unspecified atom stereocenters. The molecule has 0 bridgehead atoms. The normalized spacial score (nSPS) is 22.6. The van der Waals surface area contributed by atoms with Crippen molar-refractivity contribution < 1.29 is 19.1 Å². The average molecular weight is 387 g/mol. The Labute approximate surface area is 167 Å². The van der Waals surface area contributed by atoms with Gasteiger partial charge in [0.25, 0.3) is 0 Å². The number of nitriles is 1. The summed E-state index contributed by atoms with van der Waals surface area (Å²) in [6.45, 7) is 1.74. The zero-order valence-corrected chi connectivity index (χ0v) is 15.6. The van der Waals surface area contributed by atoms with Gasteiger partial charge >= 0.3 is 5.97 Å². The fraction of sp³-hybridized carbons (Fsp3) is 0.182. The lowest BCUT2D eigenvalue weighted by atomic mass is 9.64. The van der Waals surface area contributed by atoms with Crippen LogP contribution in [0.3, 0.4) is 0 Å². The molecule has 0 radical (unpaired) electrons. The highest BCUT2D eigenvalue weighted by Gasteiger charge is 2.63. The topological polar surface area (TPSA) is 112 Å². The largest absolute Gasteiger partial charge is 0.462 e. The van der Waals surface area contributed by atoms with E-state index in [1.54, 1.807) is 61.5 Å². The lowest BCUT2D eigenvalue weighted by Gasteiger charge is -2.38. The van der Waals surface area contributed by atoms with Crippen molar-refractivity contribution in [3.8, 4) is 6.07 Å². The maximum atomic E-state index is 13.4. The number of esters is 1. The molecular weight excluding hydrogens is 370 g/mol. The zero-order chi connectivity index (χ0) is 20.6. The highest BCUT2D eigenvalue weighted by Crippen LogP contribution is 2.53. The minimum absolute atomic E-state index is 0.0485. The second-order valence-corrected chi connectivity index (χ2v) is 6.63. The molecule has 7 nitrogen and oxygen atoms in total. The van der Waals surface area contributed by atoms with Crippen LogP contribution in [0.4, 0.5) is 5.69 Å². The number of fused-ring (bicyclic) bond motifs is 2. The molecule has 4 rings (SSSR count). The van der Waals surface area contributed by atoms with Crippen LogP contribution in [0.5, 0.6) is 0 Å². The quantitative estimate of drug-likeness (QED) is 0.786. The summed E-state index contributed by atoms with van der Waals surface area (Å²) in [4.78, 5) is 26.5. The van der Waals surface area contributed by atoms with Gasteiger partial charge in [-0.05, 0) is 18.6 Å². The van der Waals surface area contributed by atoms with Crippen molar-refractivity contribution in [2.24, 2.45) is 5.92 Å². The fourth-order valence-corrected chi connectivity index (χ4v) is 3.96. The van der Waals surface area contributed by atoms with Gasteiger partial charge in [0, 0.05) is 11.3 Å². The summed E-state index contributed by atoms with van der Waals surface area (Å²) in [5, 5.41) is 21.0. The third-order valence-corrected chi connectivity index (χ3v) is 5.13. The SMILES string of the molecule is CCOC(=O)C1=C(c2ccccc2)OC(=N)C(C#N)C12C(=O)Nc1ccccc12. The molecule has 7 heteroatoms. The Morgan fingerprint density at radius 3 is 2.62 bits per heavy atom. The molecule has 144 valence electrons. The molecule has 2 aliphatic rings. The number of hydrogen-bond donors (Lipinski definition) is 2. The van der Waals surface area contributed by atoms with Gasteiger partial charge in [-0.1, -0.05) is 48.5 Å². The van der Waals surface area contributed by atoms with Crippen molar-refractivity contribution >= 4 is 29.2 Å². The molecule has 2 aromatic carbocycles. The van der Waals surface area contributed by atoms with Crippen molar-refractivity contribution in [3.05, 3.63) is 71.3 Å². The smallest absolute Gasteiger partial charge is 0.339 e. The number of hydrogen-bond acceptors (Lipinski definition) is 6. The Hall–Kier alpha value is -3.92. The van der Waals surface area contributed by atoms with E-state index < -0.39 is 29.1 Å². The van der Waals surface area contributed by atoms with E-state index in [0.29, 0.717) is 16.8 Å². The number of benzene rings is 2. The van der Waals surface area contributed by atoms with Crippen LogP contribution in [0, 0.1) is 22.7 Å². The summed E-state index contributed by atoms with van der Waals surface area (Å²) in [5.41, 5.74) is -0.371. The Balaban J connectivity index is 2.13. The van der Waals surface area contributed by atoms with Gasteiger partial charge in [-0.2, -0.15) is 5.26 Å². The van der Waals surface area contributed by atoms with Gasteiger partial charge in [-0.25, -0.2) is 4.79 Å². The average Bonchev–Trinajstić information content (AvgIpc) is 3.01. The van der Waals surface area contributed by atoms with Gasteiger partial charge in [0.2, 0.25) is 11.8 Å². The van der Waals surface area contributed by atoms with E-state index in [2.05, 4.69) is 5.32 Å². The number of para-hydroxylation sites is 1. The first kappa shape index (κ1) is 18.4. The van der Waals surface area contributed by atoms with E-state index in [0.717, 1.165) is 0 Å². The number of anilines is 1. The molecule has 29 heavy (non-hydrogen) atoms.